The fourth-order valence-electron chi connectivity index (χ4n) is 1.74. The van der Waals surface area contributed by atoms with E-state index in [0.29, 0.717) is 5.75 Å². The van der Waals surface area contributed by atoms with E-state index in [-0.39, 0.29) is 18.9 Å². The van der Waals surface area contributed by atoms with E-state index in [2.05, 4.69) is 16.2 Å². The molecule has 0 unspecified atom stereocenters. The summed E-state index contributed by atoms with van der Waals surface area (Å²) < 4.78 is 10.2. The first-order valence-corrected chi connectivity index (χ1v) is 7.14. The van der Waals surface area contributed by atoms with E-state index in [9.17, 15) is 14.4 Å². The van der Waals surface area contributed by atoms with E-state index < -0.39 is 17.7 Å². The second kappa shape index (κ2) is 8.37. The zero-order valence-electron chi connectivity index (χ0n) is 13.0. The second-order valence-corrected chi connectivity index (χ2v) is 4.81. The number of aryl methyl sites for hydroxylation is 1. The third-order valence-corrected chi connectivity index (χ3v) is 2.95. The van der Waals surface area contributed by atoms with Crippen LogP contribution in [0.15, 0.2) is 47.1 Å². The second-order valence-electron chi connectivity index (χ2n) is 4.81. The highest BCUT2D eigenvalue weighted by molar-refractivity contribution is 5.94. The molecule has 0 saturated carbocycles. The molecular formula is C16H17N3O5. The molecule has 0 aliphatic carbocycles. The molecule has 0 radical (unpaired) electrons. The first kappa shape index (κ1) is 17.1. The summed E-state index contributed by atoms with van der Waals surface area (Å²) in [6.07, 6.45) is 1.35. The molecule has 0 aliphatic rings. The predicted molar refractivity (Wildman–Crippen MR) is 84.0 cm³/mol. The Kier molecular flexibility index (Phi) is 5.95. The Bertz CT molecular complexity index is 712. The van der Waals surface area contributed by atoms with Crippen LogP contribution in [-0.2, 0) is 9.59 Å². The first-order valence-electron chi connectivity index (χ1n) is 7.14. The molecule has 24 heavy (non-hydrogen) atoms. The highest BCUT2D eigenvalue weighted by atomic mass is 16.5. The summed E-state index contributed by atoms with van der Waals surface area (Å²) in [4.78, 5) is 34.7. The van der Waals surface area contributed by atoms with Gasteiger partial charge in [-0.05, 0) is 30.7 Å². The smallest absolute Gasteiger partial charge is 0.287 e. The van der Waals surface area contributed by atoms with Crippen LogP contribution in [0.5, 0.6) is 5.75 Å². The van der Waals surface area contributed by atoms with Gasteiger partial charge >= 0.3 is 0 Å². The van der Waals surface area contributed by atoms with Gasteiger partial charge in [-0.3, -0.25) is 25.2 Å². The summed E-state index contributed by atoms with van der Waals surface area (Å²) in [6, 6.07) is 10.3. The quantitative estimate of drug-likeness (QED) is 0.670. The van der Waals surface area contributed by atoms with Crippen molar-refractivity contribution in [1.29, 1.82) is 0 Å². The maximum absolute atomic E-state index is 11.6. The SMILES string of the molecule is Cc1ccccc1OCC(=O)NNC(=O)CNC(=O)c1ccco1. The van der Waals surface area contributed by atoms with Crippen molar-refractivity contribution in [3.8, 4) is 5.75 Å². The van der Waals surface area contributed by atoms with Crippen LogP contribution in [0.2, 0.25) is 0 Å². The van der Waals surface area contributed by atoms with Gasteiger partial charge in [-0.15, -0.1) is 0 Å². The molecule has 2 aromatic rings. The molecule has 0 atom stereocenters. The van der Waals surface area contributed by atoms with Gasteiger partial charge in [0.1, 0.15) is 5.75 Å². The van der Waals surface area contributed by atoms with Crippen molar-refractivity contribution in [3.05, 3.63) is 54.0 Å². The number of nitrogens with one attached hydrogen (secondary N) is 3. The van der Waals surface area contributed by atoms with Gasteiger partial charge in [0.15, 0.2) is 12.4 Å². The minimum absolute atomic E-state index is 0.0958. The lowest BCUT2D eigenvalue weighted by Gasteiger charge is -2.10. The summed E-state index contributed by atoms with van der Waals surface area (Å²) >= 11 is 0. The molecule has 1 aromatic carbocycles. The molecule has 0 spiro atoms. The number of furan rings is 1. The molecule has 0 bridgehead atoms. The monoisotopic (exact) mass is 331 g/mol. The average Bonchev–Trinajstić information content (AvgIpc) is 3.11. The zero-order valence-corrected chi connectivity index (χ0v) is 13.0. The first-order chi connectivity index (χ1) is 11.6. The van der Waals surface area contributed by atoms with Gasteiger partial charge in [-0.1, -0.05) is 18.2 Å². The van der Waals surface area contributed by atoms with Crippen LogP contribution < -0.4 is 20.9 Å². The number of amides is 3. The molecule has 0 fully saturated rings. The van der Waals surface area contributed by atoms with E-state index in [0.717, 1.165) is 5.56 Å². The molecule has 3 amide bonds. The lowest BCUT2D eigenvalue weighted by molar-refractivity contribution is -0.129. The fourth-order valence-corrected chi connectivity index (χ4v) is 1.74. The van der Waals surface area contributed by atoms with Crippen LogP contribution in [0.25, 0.3) is 0 Å². The van der Waals surface area contributed by atoms with Crippen LogP contribution in [0, 0.1) is 6.92 Å². The number of hydrogen-bond donors (Lipinski definition) is 3. The minimum Gasteiger partial charge on any atom is -0.483 e. The summed E-state index contributed by atoms with van der Waals surface area (Å²) in [5.74, 6) is -0.948. The van der Waals surface area contributed by atoms with Gasteiger partial charge in [-0.25, -0.2) is 0 Å². The number of hydrazine groups is 1. The molecule has 126 valence electrons. The Labute approximate surface area is 138 Å². The summed E-state index contributed by atoms with van der Waals surface area (Å²) in [7, 11) is 0. The molecule has 8 heteroatoms. The van der Waals surface area contributed by atoms with Gasteiger partial charge in [0, 0.05) is 0 Å². The van der Waals surface area contributed by atoms with E-state index in [1.165, 1.54) is 12.3 Å². The lowest BCUT2D eigenvalue weighted by Crippen LogP contribution is -2.47. The Hall–Kier alpha value is -3.29. The van der Waals surface area contributed by atoms with Crippen molar-refractivity contribution in [3.63, 3.8) is 0 Å². The molecule has 2 rings (SSSR count). The maximum Gasteiger partial charge on any atom is 0.287 e. The molecule has 1 aromatic heterocycles. The van der Waals surface area contributed by atoms with Crippen molar-refractivity contribution in [1.82, 2.24) is 16.2 Å². The van der Waals surface area contributed by atoms with E-state index in [1.54, 1.807) is 18.2 Å². The van der Waals surface area contributed by atoms with Gasteiger partial charge < -0.3 is 14.5 Å². The zero-order chi connectivity index (χ0) is 17.4. The third-order valence-electron chi connectivity index (χ3n) is 2.95. The number of ether oxygens (including phenoxy) is 1. The lowest BCUT2D eigenvalue weighted by atomic mass is 10.2. The van der Waals surface area contributed by atoms with Gasteiger partial charge in [0.2, 0.25) is 0 Å². The fraction of sp³-hybridized carbons (Fsp3) is 0.188. The molecule has 1 heterocycles. The topological polar surface area (TPSA) is 110 Å². The van der Waals surface area contributed by atoms with Crippen molar-refractivity contribution in [2.24, 2.45) is 0 Å². The van der Waals surface area contributed by atoms with Crippen molar-refractivity contribution < 1.29 is 23.5 Å². The van der Waals surface area contributed by atoms with Crippen LogP contribution in [0.3, 0.4) is 0 Å². The normalized spacial score (nSPS) is 9.88. The van der Waals surface area contributed by atoms with Crippen LogP contribution in [0.4, 0.5) is 0 Å². The van der Waals surface area contributed by atoms with Crippen molar-refractivity contribution in [2.75, 3.05) is 13.2 Å². The number of rotatable bonds is 6. The van der Waals surface area contributed by atoms with Crippen LogP contribution >= 0.6 is 0 Å². The number of hydrogen-bond acceptors (Lipinski definition) is 5. The Morgan fingerprint density at radius 1 is 1.04 bits per heavy atom. The van der Waals surface area contributed by atoms with Gasteiger partial charge in [0.25, 0.3) is 17.7 Å². The Morgan fingerprint density at radius 2 is 1.79 bits per heavy atom. The largest absolute Gasteiger partial charge is 0.483 e. The number of benzene rings is 1. The molecule has 0 aliphatic heterocycles. The van der Waals surface area contributed by atoms with Crippen molar-refractivity contribution in [2.45, 2.75) is 6.92 Å². The van der Waals surface area contributed by atoms with Crippen LogP contribution in [-0.4, -0.2) is 30.9 Å². The number of carbonyl (C=O) groups excluding carboxylic acids is 3. The van der Waals surface area contributed by atoms with Gasteiger partial charge in [-0.2, -0.15) is 0 Å². The Balaban J connectivity index is 1.65. The minimum atomic E-state index is -0.584. The maximum atomic E-state index is 11.6. The predicted octanol–water partition coefficient (Wildman–Crippen LogP) is 0.544. The molecular weight excluding hydrogens is 314 g/mol. The van der Waals surface area contributed by atoms with E-state index in [4.69, 9.17) is 9.15 Å². The highest BCUT2D eigenvalue weighted by Crippen LogP contribution is 2.15. The van der Waals surface area contributed by atoms with Crippen molar-refractivity contribution >= 4 is 17.7 Å². The van der Waals surface area contributed by atoms with E-state index >= 15 is 0 Å². The average molecular weight is 331 g/mol. The van der Waals surface area contributed by atoms with Crippen LogP contribution in [0.1, 0.15) is 16.1 Å². The number of carbonyl (C=O) groups is 3. The third kappa shape index (κ3) is 5.16. The summed E-state index contributed by atoms with van der Waals surface area (Å²) in [5, 5.41) is 2.35. The Morgan fingerprint density at radius 3 is 2.50 bits per heavy atom. The molecule has 8 nitrogen and oxygen atoms in total. The summed E-state index contributed by atoms with van der Waals surface area (Å²) in [5.41, 5.74) is 5.26. The van der Waals surface area contributed by atoms with E-state index in [1.807, 2.05) is 19.1 Å². The highest BCUT2D eigenvalue weighted by Gasteiger charge is 2.11. The molecule has 3 N–H and O–H groups in total. The standard InChI is InChI=1S/C16H17N3O5/c1-11-5-2-3-6-12(11)24-10-15(21)19-18-14(20)9-17-16(22)13-7-4-8-23-13/h2-8H,9-10H2,1H3,(H,17,22)(H,18,20)(H,19,21). The summed E-state index contributed by atoms with van der Waals surface area (Å²) in [6.45, 7) is 1.30. The number of para-hydroxylation sites is 1. The van der Waals surface area contributed by atoms with Gasteiger partial charge in [0.05, 0.1) is 12.8 Å². The molecule has 0 saturated heterocycles.